The highest BCUT2D eigenvalue weighted by molar-refractivity contribution is 6.23. The fourth-order valence-electron chi connectivity index (χ4n) is 4.11. The summed E-state index contributed by atoms with van der Waals surface area (Å²) >= 11 is 0. The Balaban J connectivity index is 1.45. The van der Waals surface area contributed by atoms with Crippen LogP contribution in [0.1, 0.15) is 43.9 Å². The minimum absolute atomic E-state index is 0.109. The topological polar surface area (TPSA) is 79.3 Å². The van der Waals surface area contributed by atoms with Crippen LogP contribution in [0.15, 0.2) is 36.5 Å². The summed E-state index contributed by atoms with van der Waals surface area (Å²) < 4.78 is 1.96. The van der Waals surface area contributed by atoms with E-state index in [1.165, 1.54) is 4.90 Å². The molecule has 27 heavy (non-hydrogen) atoms. The number of benzene rings is 1. The molecule has 2 fully saturated rings. The van der Waals surface area contributed by atoms with E-state index in [0.717, 1.165) is 43.5 Å². The number of aryl methyl sites for hydroxylation is 1. The second-order valence-corrected chi connectivity index (χ2v) is 7.27. The maximum absolute atomic E-state index is 12.9. The number of rotatable bonds is 6. The number of carbonyl (C=O) groups is 2. The number of amides is 3. The fourth-order valence-corrected chi connectivity index (χ4v) is 4.11. The first-order chi connectivity index (χ1) is 13.1. The first kappa shape index (κ1) is 17.7. The van der Waals surface area contributed by atoms with Gasteiger partial charge in [0.25, 0.3) is 5.91 Å². The maximum Gasteiger partial charge on any atom is 0.329 e. The van der Waals surface area contributed by atoms with Gasteiger partial charge in [-0.15, -0.1) is 0 Å². The third-order valence-corrected chi connectivity index (χ3v) is 5.53. The molecule has 0 radical (unpaired) electrons. The van der Waals surface area contributed by atoms with Crippen LogP contribution in [0.25, 0.3) is 0 Å². The van der Waals surface area contributed by atoms with Crippen LogP contribution in [0.4, 0.5) is 10.5 Å². The summed E-state index contributed by atoms with van der Waals surface area (Å²) in [6, 6.07) is 9.32. The molecule has 2 heterocycles. The molecule has 2 aliphatic rings. The SMILES string of the molecule is CCn1nccc1CNCc1cccc(N2C(=O)NC3(CCCC3)C2=O)c1. The van der Waals surface area contributed by atoms with Crippen LogP contribution in [0.2, 0.25) is 0 Å². The summed E-state index contributed by atoms with van der Waals surface area (Å²) in [7, 11) is 0. The van der Waals surface area contributed by atoms with E-state index in [9.17, 15) is 9.59 Å². The Morgan fingerprint density at radius 2 is 2.00 bits per heavy atom. The van der Waals surface area contributed by atoms with Gasteiger partial charge in [0, 0.05) is 25.8 Å². The zero-order valence-electron chi connectivity index (χ0n) is 15.6. The first-order valence-corrected chi connectivity index (χ1v) is 9.60. The van der Waals surface area contributed by atoms with Crippen molar-refractivity contribution in [3.63, 3.8) is 0 Å². The highest BCUT2D eigenvalue weighted by atomic mass is 16.2. The van der Waals surface area contributed by atoms with Crippen molar-refractivity contribution in [1.29, 1.82) is 0 Å². The summed E-state index contributed by atoms with van der Waals surface area (Å²) in [4.78, 5) is 26.7. The van der Waals surface area contributed by atoms with E-state index in [4.69, 9.17) is 0 Å². The van der Waals surface area contributed by atoms with Crippen molar-refractivity contribution in [3.8, 4) is 0 Å². The van der Waals surface area contributed by atoms with E-state index in [1.54, 1.807) is 6.20 Å². The van der Waals surface area contributed by atoms with Crippen LogP contribution in [0, 0.1) is 0 Å². The lowest BCUT2D eigenvalue weighted by Crippen LogP contribution is -2.44. The van der Waals surface area contributed by atoms with Gasteiger partial charge < -0.3 is 10.6 Å². The quantitative estimate of drug-likeness (QED) is 0.769. The zero-order chi connectivity index (χ0) is 18.9. The smallest absolute Gasteiger partial charge is 0.323 e. The molecule has 142 valence electrons. The zero-order valence-corrected chi connectivity index (χ0v) is 15.6. The van der Waals surface area contributed by atoms with Crippen molar-refractivity contribution in [3.05, 3.63) is 47.8 Å². The molecule has 2 N–H and O–H groups in total. The second-order valence-electron chi connectivity index (χ2n) is 7.27. The Kier molecular flexibility index (Phi) is 4.70. The fraction of sp³-hybridized carbons (Fsp3) is 0.450. The number of nitrogens with one attached hydrogen (secondary N) is 2. The number of carbonyl (C=O) groups excluding carboxylic acids is 2. The molecule has 1 aliphatic carbocycles. The lowest BCUT2D eigenvalue weighted by atomic mass is 9.98. The predicted octanol–water partition coefficient (Wildman–Crippen LogP) is 2.56. The molecule has 0 atom stereocenters. The summed E-state index contributed by atoms with van der Waals surface area (Å²) in [6.07, 6.45) is 5.24. The Labute approximate surface area is 158 Å². The lowest BCUT2D eigenvalue weighted by molar-refractivity contribution is -0.121. The van der Waals surface area contributed by atoms with E-state index in [-0.39, 0.29) is 11.9 Å². The molecule has 1 aromatic carbocycles. The number of nitrogens with zero attached hydrogens (tertiary/aromatic N) is 3. The molecule has 1 aliphatic heterocycles. The largest absolute Gasteiger partial charge is 0.329 e. The standard InChI is InChI=1S/C20H25N5O2/c1-2-24-17(8-11-22-24)14-21-13-15-6-5-7-16(12-15)25-18(26)20(23-19(25)27)9-3-4-10-20/h5-8,11-12,21H,2-4,9-10,13-14H2,1H3,(H,23,27). The average Bonchev–Trinajstić information content (AvgIpc) is 3.37. The molecule has 3 amide bonds. The van der Waals surface area contributed by atoms with E-state index in [1.807, 2.05) is 35.0 Å². The van der Waals surface area contributed by atoms with Crippen LogP contribution >= 0.6 is 0 Å². The van der Waals surface area contributed by atoms with Gasteiger partial charge in [0.15, 0.2) is 0 Å². The van der Waals surface area contributed by atoms with E-state index in [0.29, 0.717) is 18.8 Å². The normalized spacial score (nSPS) is 18.5. The molecule has 1 saturated carbocycles. The van der Waals surface area contributed by atoms with Crippen LogP contribution in [0.3, 0.4) is 0 Å². The van der Waals surface area contributed by atoms with Gasteiger partial charge >= 0.3 is 6.03 Å². The van der Waals surface area contributed by atoms with Gasteiger partial charge in [-0.05, 0) is 43.5 Å². The summed E-state index contributed by atoms with van der Waals surface area (Å²) in [5.74, 6) is -0.109. The molecule has 4 rings (SSSR count). The third kappa shape index (κ3) is 3.23. The van der Waals surface area contributed by atoms with Crippen molar-refractivity contribution in [2.45, 2.75) is 57.8 Å². The van der Waals surface area contributed by atoms with Crippen molar-refractivity contribution in [1.82, 2.24) is 20.4 Å². The summed E-state index contributed by atoms with van der Waals surface area (Å²) in [5, 5.41) is 10.6. The van der Waals surface area contributed by atoms with Crippen molar-refractivity contribution < 1.29 is 9.59 Å². The maximum atomic E-state index is 12.9. The Hall–Kier alpha value is -2.67. The molecule has 1 aromatic heterocycles. The molecule has 0 bridgehead atoms. The van der Waals surface area contributed by atoms with Crippen molar-refractivity contribution >= 4 is 17.6 Å². The Morgan fingerprint density at radius 1 is 1.19 bits per heavy atom. The van der Waals surface area contributed by atoms with Crippen LogP contribution < -0.4 is 15.5 Å². The minimum Gasteiger partial charge on any atom is -0.323 e. The number of hydrogen-bond acceptors (Lipinski definition) is 4. The van der Waals surface area contributed by atoms with Gasteiger partial charge in [-0.3, -0.25) is 9.48 Å². The molecule has 1 spiro atoms. The van der Waals surface area contributed by atoms with E-state index in [2.05, 4.69) is 22.7 Å². The number of anilines is 1. The predicted molar refractivity (Wildman–Crippen MR) is 102 cm³/mol. The molecule has 2 aromatic rings. The van der Waals surface area contributed by atoms with Crippen LogP contribution in [0.5, 0.6) is 0 Å². The number of imide groups is 1. The third-order valence-electron chi connectivity index (χ3n) is 5.53. The highest BCUT2D eigenvalue weighted by Gasteiger charge is 2.52. The van der Waals surface area contributed by atoms with E-state index >= 15 is 0 Å². The van der Waals surface area contributed by atoms with Gasteiger partial charge in [0.1, 0.15) is 5.54 Å². The van der Waals surface area contributed by atoms with Gasteiger partial charge in [-0.25, -0.2) is 9.69 Å². The molecule has 7 nitrogen and oxygen atoms in total. The van der Waals surface area contributed by atoms with Gasteiger partial charge in [0.2, 0.25) is 0 Å². The highest BCUT2D eigenvalue weighted by Crippen LogP contribution is 2.37. The second kappa shape index (κ2) is 7.15. The number of urea groups is 1. The number of hydrogen-bond donors (Lipinski definition) is 2. The Bertz CT molecular complexity index is 854. The first-order valence-electron chi connectivity index (χ1n) is 9.60. The minimum atomic E-state index is -0.677. The molecular formula is C20H25N5O2. The van der Waals surface area contributed by atoms with Crippen LogP contribution in [-0.4, -0.2) is 27.3 Å². The van der Waals surface area contributed by atoms with Gasteiger partial charge in [-0.2, -0.15) is 5.10 Å². The Morgan fingerprint density at radius 3 is 2.78 bits per heavy atom. The molecular weight excluding hydrogens is 342 g/mol. The van der Waals surface area contributed by atoms with Crippen molar-refractivity contribution in [2.24, 2.45) is 0 Å². The van der Waals surface area contributed by atoms with Crippen molar-refractivity contribution in [2.75, 3.05) is 4.90 Å². The van der Waals surface area contributed by atoms with E-state index < -0.39 is 5.54 Å². The summed E-state index contributed by atoms with van der Waals surface area (Å²) in [6.45, 7) is 4.27. The summed E-state index contributed by atoms with van der Waals surface area (Å²) in [5.41, 5.74) is 2.12. The monoisotopic (exact) mass is 367 g/mol. The lowest BCUT2D eigenvalue weighted by Gasteiger charge is -2.20. The molecule has 7 heteroatoms. The van der Waals surface area contributed by atoms with Gasteiger partial charge in [0.05, 0.1) is 11.4 Å². The van der Waals surface area contributed by atoms with Crippen LogP contribution in [-0.2, 0) is 24.4 Å². The average molecular weight is 367 g/mol. The molecule has 1 saturated heterocycles. The van der Waals surface area contributed by atoms with Gasteiger partial charge in [-0.1, -0.05) is 25.0 Å². The molecule has 0 unspecified atom stereocenters. The number of aromatic nitrogens is 2.